The lowest BCUT2D eigenvalue weighted by Gasteiger charge is -2.05. The summed E-state index contributed by atoms with van der Waals surface area (Å²) in [5.41, 5.74) is 4.79. The van der Waals surface area contributed by atoms with Gasteiger partial charge < -0.3 is 9.73 Å². The summed E-state index contributed by atoms with van der Waals surface area (Å²) in [6, 6.07) is 14.4. The normalized spacial score (nSPS) is 10.9. The Morgan fingerprint density at radius 2 is 1.92 bits per heavy atom. The topological polar surface area (TPSA) is 66.6 Å². The minimum atomic E-state index is -0.465. The van der Waals surface area contributed by atoms with Crippen LogP contribution in [0.25, 0.3) is 11.3 Å². The van der Waals surface area contributed by atoms with Crippen molar-refractivity contribution in [3.8, 4) is 11.3 Å². The van der Waals surface area contributed by atoms with E-state index in [-0.39, 0.29) is 5.82 Å². The first kappa shape index (κ1) is 17.9. The monoisotopic (exact) mass is 415 g/mol. The van der Waals surface area contributed by atoms with Gasteiger partial charge in [-0.15, -0.1) is 0 Å². The average molecular weight is 416 g/mol. The van der Waals surface area contributed by atoms with E-state index in [1.807, 2.05) is 19.1 Å². The number of hydrazone groups is 1. The Hall–Kier alpha value is -2.93. The van der Waals surface area contributed by atoms with Crippen molar-refractivity contribution >= 4 is 33.9 Å². The number of amides is 2. The summed E-state index contributed by atoms with van der Waals surface area (Å²) in [7, 11) is 0. The van der Waals surface area contributed by atoms with Crippen molar-refractivity contribution in [3.63, 3.8) is 0 Å². The summed E-state index contributed by atoms with van der Waals surface area (Å²) in [4.78, 5) is 11.8. The second-order valence-corrected chi connectivity index (χ2v) is 6.35. The van der Waals surface area contributed by atoms with E-state index < -0.39 is 6.03 Å². The highest BCUT2D eigenvalue weighted by Crippen LogP contribution is 2.22. The van der Waals surface area contributed by atoms with E-state index >= 15 is 0 Å². The van der Waals surface area contributed by atoms with E-state index in [9.17, 15) is 9.18 Å². The molecule has 0 aliphatic carbocycles. The van der Waals surface area contributed by atoms with Crippen LogP contribution in [-0.4, -0.2) is 12.2 Å². The lowest BCUT2D eigenvalue weighted by molar-refractivity contribution is 0.252. The Kier molecular flexibility index (Phi) is 5.48. The fraction of sp³-hybridized carbons (Fsp3) is 0.0526. The summed E-state index contributed by atoms with van der Waals surface area (Å²) >= 11 is 3.40. The molecule has 1 aromatic heterocycles. The van der Waals surface area contributed by atoms with Gasteiger partial charge in [0.25, 0.3) is 0 Å². The molecule has 132 valence electrons. The minimum absolute atomic E-state index is 0.307. The van der Waals surface area contributed by atoms with Gasteiger partial charge in [-0.1, -0.05) is 15.9 Å². The molecule has 0 radical (unpaired) electrons. The molecule has 0 unspecified atom stereocenters. The van der Waals surface area contributed by atoms with Gasteiger partial charge in [-0.3, -0.25) is 0 Å². The van der Waals surface area contributed by atoms with Gasteiger partial charge in [0.15, 0.2) is 0 Å². The van der Waals surface area contributed by atoms with Crippen LogP contribution in [0.2, 0.25) is 0 Å². The lowest BCUT2D eigenvalue weighted by atomic mass is 10.2. The number of nitrogens with one attached hydrogen (secondary N) is 2. The molecular formula is C19H15BrFN3O2. The van der Waals surface area contributed by atoms with Crippen LogP contribution in [0, 0.1) is 12.7 Å². The summed E-state index contributed by atoms with van der Waals surface area (Å²) in [5, 5.41) is 6.53. The van der Waals surface area contributed by atoms with Gasteiger partial charge in [-0.25, -0.2) is 14.6 Å². The van der Waals surface area contributed by atoms with Crippen molar-refractivity contribution < 1.29 is 13.6 Å². The van der Waals surface area contributed by atoms with Crippen LogP contribution < -0.4 is 10.7 Å². The van der Waals surface area contributed by atoms with Crippen molar-refractivity contribution in [2.24, 2.45) is 5.10 Å². The van der Waals surface area contributed by atoms with E-state index in [1.165, 1.54) is 18.3 Å². The number of aryl methyl sites for hydroxylation is 1. The fourth-order valence-corrected chi connectivity index (χ4v) is 2.47. The third kappa shape index (κ3) is 4.58. The standard InChI is InChI=1S/C19H15BrFN3O2/c1-12-10-15(6-8-17(12)20)23-19(25)24-22-11-16-7-9-18(26-16)13-2-4-14(21)5-3-13/h2-11H,1H3,(H2,23,24,25)/b22-11+. The van der Waals surface area contributed by atoms with E-state index in [4.69, 9.17) is 4.42 Å². The van der Waals surface area contributed by atoms with Crippen molar-refractivity contribution in [2.75, 3.05) is 5.32 Å². The van der Waals surface area contributed by atoms with Crippen LogP contribution in [0.5, 0.6) is 0 Å². The molecule has 5 nitrogen and oxygen atoms in total. The van der Waals surface area contributed by atoms with Crippen LogP contribution >= 0.6 is 15.9 Å². The molecule has 26 heavy (non-hydrogen) atoms. The van der Waals surface area contributed by atoms with Gasteiger partial charge >= 0.3 is 6.03 Å². The molecule has 0 bridgehead atoms. The maximum Gasteiger partial charge on any atom is 0.339 e. The highest BCUT2D eigenvalue weighted by molar-refractivity contribution is 9.10. The number of anilines is 1. The first-order chi connectivity index (χ1) is 12.5. The molecule has 0 saturated heterocycles. The highest BCUT2D eigenvalue weighted by atomic mass is 79.9. The van der Waals surface area contributed by atoms with Crippen LogP contribution in [0.15, 0.2) is 68.6 Å². The van der Waals surface area contributed by atoms with Crippen molar-refractivity contribution in [3.05, 3.63) is 76.2 Å². The predicted octanol–water partition coefficient (Wildman–Crippen LogP) is 5.31. The molecule has 0 saturated carbocycles. The third-order valence-electron chi connectivity index (χ3n) is 3.53. The Balaban J connectivity index is 1.57. The van der Waals surface area contributed by atoms with E-state index in [0.29, 0.717) is 17.2 Å². The van der Waals surface area contributed by atoms with Gasteiger partial charge in [0.05, 0.1) is 6.21 Å². The molecule has 3 rings (SSSR count). The summed E-state index contributed by atoms with van der Waals surface area (Å²) in [6.45, 7) is 1.93. The smallest absolute Gasteiger partial charge is 0.339 e. The fourth-order valence-electron chi connectivity index (χ4n) is 2.23. The Morgan fingerprint density at radius 1 is 1.15 bits per heavy atom. The maximum absolute atomic E-state index is 12.9. The number of benzene rings is 2. The second kappa shape index (κ2) is 7.97. The summed E-state index contributed by atoms with van der Waals surface area (Å²) in [6.07, 6.45) is 1.39. The van der Waals surface area contributed by atoms with Crippen molar-refractivity contribution in [1.29, 1.82) is 0 Å². The molecule has 0 aliphatic heterocycles. The summed E-state index contributed by atoms with van der Waals surface area (Å²) < 4.78 is 19.5. The average Bonchev–Trinajstić information content (AvgIpc) is 3.08. The number of hydrogen-bond acceptors (Lipinski definition) is 3. The predicted molar refractivity (Wildman–Crippen MR) is 103 cm³/mol. The Morgan fingerprint density at radius 3 is 2.65 bits per heavy atom. The minimum Gasteiger partial charge on any atom is -0.455 e. The lowest BCUT2D eigenvalue weighted by Crippen LogP contribution is -2.24. The number of hydrogen-bond donors (Lipinski definition) is 2. The number of nitrogens with zero attached hydrogens (tertiary/aromatic N) is 1. The van der Waals surface area contributed by atoms with Gasteiger partial charge in [-0.2, -0.15) is 5.10 Å². The van der Waals surface area contributed by atoms with Crippen LogP contribution in [-0.2, 0) is 0 Å². The quantitative estimate of drug-likeness (QED) is 0.447. The van der Waals surface area contributed by atoms with Gasteiger partial charge in [-0.05, 0) is 67.1 Å². The number of rotatable bonds is 4. The number of halogens is 2. The number of urea groups is 1. The largest absolute Gasteiger partial charge is 0.455 e. The molecule has 0 spiro atoms. The zero-order valence-electron chi connectivity index (χ0n) is 13.8. The van der Waals surface area contributed by atoms with Gasteiger partial charge in [0.1, 0.15) is 17.3 Å². The van der Waals surface area contributed by atoms with Crippen LogP contribution in [0.3, 0.4) is 0 Å². The van der Waals surface area contributed by atoms with Gasteiger partial charge in [0, 0.05) is 15.7 Å². The summed E-state index contributed by atoms with van der Waals surface area (Å²) in [5.74, 6) is 0.739. The van der Waals surface area contributed by atoms with E-state index in [2.05, 4.69) is 31.8 Å². The zero-order chi connectivity index (χ0) is 18.5. The first-order valence-electron chi connectivity index (χ1n) is 7.73. The molecule has 7 heteroatoms. The Labute approximate surface area is 158 Å². The van der Waals surface area contributed by atoms with Gasteiger partial charge in [0.2, 0.25) is 0 Å². The van der Waals surface area contributed by atoms with Crippen molar-refractivity contribution in [1.82, 2.24) is 5.43 Å². The van der Waals surface area contributed by atoms with Crippen LogP contribution in [0.1, 0.15) is 11.3 Å². The molecule has 2 aromatic carbocycles. The molecule has 3 aromatic rings. The molecular weight excluding hydrogens is 401 g/mol. The molecule has 0 aliphatic rings. The molecule has 2 amide bonds. The maximum atomic E-state index is 12.9. The molecule has 0 atom stereocenters. The van der Waals surface area contributed by atoms with E-state index in [1.54, 1.807) is 30.3 Å². The third-order valence-corrected chi connectivity index (χ3v) is 4.42. The van der Waals surface area contributed by atoms with Crippen LogP contribution in [0.4, 0.5) is 14.9 Å². The van der Waals surface area contributed by atoms with Crippen molar-refractivity contribution in [2.45, 2.75) is 6.92 Å². The molecule has 2 N–H and O–H groups in total. The number of carbonyl (C=O) groups is 1. The van der Waals surface area contributed by atoms with E-state index in [0.717, 1.165) is 15.6 Å². The number of furan rings is 1. The molecule has 1 heterocycles. The Bertz CT molecular complexity index is 952. The zero-order valence-corrected chi connectivity index (χ0v) is 15.4. The second-order valence-electron chi connectivity index (χ2n) is 5.50. The first-order valence-corrected chi connectivity index (χ1v) is 8.52. The highest BCUT2D eigenvalue weighted by Gasteiger charge is 2.05. The number of carbonyl (C=O) groups excluding carboxylic acids is 1. The SMILES string of the molecule is Cc1cc(NC(=O)N/N=C/c2ccc(-c3ccc(F)cc3)o2)ccc1Br. The molecule has 0 fully saturated rings.